The maximum Gasteiger partial charge on any atom is 0.0720 e. The molecule has 108 valence electrons. The fraction of sp³-hybridized carbons (Fsp3) is 0.647. The molecule has 0 saturated carbocycles. The zero-order valence-corrected chi connectivity index (χ0v) is 12.7. The summed E-state index contributed by atoms with van der Waals surface area (Å²) in [7, 11) is 0. The second-order valence-electron chi connectivity index (χ2n) is 5.48. The second kappa shape index (κ2) is 8.34. The fourth-order valence-electron chi connectivity index (χ4n) is 2.42. The molecule has 0 bridgehead atoms. The summed E-state index contributed by atoms with van der Waals surface area (Å²) in [6.45, 7) is 9.11. The zero-order valence-electron chi connectivity index (χ0n) is 12.7. The highest BCUT2D eigenvalue weighted by atomic mass is 16.5. The molecule has 2 heteroatoms. The van der Waals surface area contributed by atoms with Gasteiger partial charge in [-0.1, -0.05) is 64.4 Å². The topological polar surface area (TPSA) is 29.5 Å². The second-order valence-corrected chi connectivity index (χ2v) is 5.48. The zero-order chi connectivity index (χ0) is 14.3. The Morgan fingerprint density at radius 2 is 1.68 bits per heavy atom. The Hall–Kier alpha value is -0.860. The summed E-state index contributed by atoms with van der Waals surface area (Å²) >= 11 is 0. The smallest absolute Gasteiger partial charge is 0.0720 e. The molecule has 0 heterocycles. The predicted molar refractivity (Wildman–Crippen MR) is 79.9 cm³/mol. The van der Waals surface area contributed by atoms with E-state index in [0.717, 1.165) is 12.8 Å². The average molecular weight is 264 g/mol. The molecule has 2 nitrogen and oxygen atoms in total. The lowest BCUT2D eigenvalue weighted by atomic mass is 9.87. The molecule has 0 saturated heterocycles. The lowest BCUT2D eigenvalue weighted by Crippen LogP contribution is -2.35. The maximum absolute atomic E-state index is 10.1. The summed E-state index contributed by atoms with van der Waals surface area (Å²) in [6.07, 6.45) is 1.68. The van der Waals surface area contributed by atoms with Crippen LogP contribution in [-0.2, 0) is 11.3 Å². The first-order chi connectivity index (χ1) is 9.10. The number of aliphatic hydroxyl groups excluding tert-OH is 1. The molecule has 0 aromatic heterocycles. The Bertz CT molecular complexity index is 336. The highest BCUT2D eigenvalue weighted by Crippen LogP contribution is 2.24. The van der Waals surface area contributed by atoms with Gasteiger partial charge in [-0.2, -0.15) is 0 Å². The van der Waals surface area contributed by atoms with Crippen LogP contribution in [0.4, 0.5) is 0 Å². The summed E-state index contributed by atoms with van der Waals surface area (Å²) in [4.78, 5) is 0. The number of ether oxygens (including phenoxy) is 1. The fourth-order valence-corrected chi connectivity index (χ4v) is 2.42. The predicted octanol–water partition coefficient (Wildman–Crippen LogP) is 4.02. The molecule has 0 unspecified atom stereocenters. The summed E-state index contributed by atoms with van der Waals surface area (Å²) in [5.41, 5.74) is 1.19. The van der Waals surface area contributed by atoms with Crippen LogP contribution in [0.15, 0.2) is 30.3 Å². The van der Waals surface area contributed by atoms with E-state index in [-0.39, 0.29) is 18.1 Å². The molecule has 0 aliphatic rings. The first kappa shape index (κ1) is 16.2. The largest absolute Gasteiger partial charge is 0.393 e. The van der Waals surface area contributed by atoms with Gasteiger partial charge in [0.15, 0.2) is 0 Å². The van der Waals surface area contributed by atoms with Crippen molar-refractivity contribution < 1.29 is 9.84 Å². The standard InChI is InChI=1S/C17H28O2/c1-5-13(3)17(14(4)16(18)6-2)19-12-15-10-8-7-9-11-15/h7-11,13-14,16-18H,5-6,12H2,1-4H3/t13-,14+,16-,17-/m0/s1. The average Bonchev–Trinajstić information content (AvgIpc) is 2.47. The molecule has 1 N–H and O–H groups in total. The molecule has 0 aliphatic heterocycles. The van der Waals surface area contributed by atoms with Crippen LogP contribution in [0.5, 0.6) is 0 Å². The summed E-state index contributed by atoms with van der Waals surface area (Å²) in [5, 5.41) is 10.1. The SMILES string of the molecule is CC[C@H](C)[C@H](OCc1ccccc1)[C@H](C)[C@@H](O)CC. The van der Waals surface area contributed by atoms with E-state index in [1.807, 2.05) is 25.1 Å². The van der Waals surface area contributed by atoms with Gasteiger partial charge in [-0.25, -0.2) is 0 Å². The van der Waals surface area contributed by atoms with Crippen molar-refractivity contribution in [3.05, 3.63) is 35.9 Å². The van der Waals surface area contributed by atoms with Crippen molar-refractivity contribution in [2.45, 2.75) is 59.4 Å². The van der Waals surface area contributed by atoms with Crippen molar-refractivity contribution in [3.63, 3.8) is 0 Å². The van der Waals surface area contributed by atoms with Crippen molar-refractivity contribution in [2.75, 3.05) is 0 Å². The minimum Gasteiger partial charge on any atom is -0.393 e. The monoisotopic (exact) mass is 264 g/mol. The highest BCUT2D eigenvalue weighted by Gasteiger charge is 2.27. The Kier molecular flexibility index (Phi) is 7.11. The molecule has 19 heavy (non-hydrogen) atoms. The number of hydrogen-bond acceptors (Lipinski definition) is 2. The summed E-state index contributed by atoms with van der Waals surface area (Å²) < 4.78 is 6.11. The van der Waals surface area contributed by atoms with Crippen molar-refractivity contribution in [3.8, 4) is 0 Å². The first-order valence-electron chi connectivity index (χ1n) is 7.43. The van der Waals surface area contributed by atoms with Gasteiger partial charge in [-0.3, -0.25) is 0 Å². The van der Waals surface area contributed by atoms with Crippen LogP contribution >= 0.6 is 0 Å². The number of hydrogen-bond donors (Lipinski definition) is 1. The highest BCUT2D eigenvalue weighted by molar-refractivity contribution is 5.13. The Balaban J connectivity index is 2.64. The van der Waals surface area contributed by atoms with Crippen molar-refractivity contribution in [1.29, 1.82) is 0 Å². The van der Waals surface area contributed by atoms with Crippen LogP contribution in [0, 0.1) is 11.8 Å². The quantitative estimate of drug-likeness (QED) is 0.768. The third-order valence-corrected chi connectivity index (χ3v) is 4.03. The Morgan fingerprint density at radius 1 is 1.05 bits per heavy atom. The molecule has 0 amide bonds. The molecule has 0 aliphatic carbocycles. The van der Waals surface area contributed by atoms with Gasteiger partial charge in [0.1, 0.15) is 0 Å². The van der Waals surface area contributed by atoms with E-state index in [2.05, 4.69) is 32.9 Å². The van der Waals surface area contributed by atoms with E-state index in [1.54, 1.807) is 0 Å². The van der Waals surface area contributed by atoms with Crippen LogP contribution in [0.3, 0.4) is 0 Å². The minimum absolute atomic E-state index is 0.111. The third kappa shape index (κ3) is 4.96. The van der Waals surface area contributed by atoms with Gasteiger partial charge >= 0.3 is 0 Å². The van der Waals surface area contributed by atoms with Crippen LogP contribution < -0.4 is 0 Å². The molecule has 0 radical (unpaired) electrons. The minimum atomic E-state index is -0.283. The van der Waals surface area contributed by atoms with E-state index in [1.165, 1.54) is 5.56 Å². The Morgan fingerprint density at radius 3 is 2.21 bits per heavy atom. The molecule has 1 rings (SSSR count). The van der Waals surface area contributed by atoms with E-state index in [4.69, 9.17) is 4.74 Å². The van der Waals surface area contributed by atoms with Crippen LogP contribution in [0.2, 0.25) is 0 Å². The number of benzene rings is 1. The number of rotatable bonds is 8. The molecule has 0 fully saturated rings. The summed E-state index contributed by atoms with van der Waals surface area (Å²) in [5.74, 6) is 0.628. The van der Waals surface area contributed by atoms with Gasteiger partial charge in [0.05, 0.1) is 18.8 Å². The van der Waals surface area contributed by atoms with E-state index < -0.39 is 0 Å². The molecule has 1 aromatic carbocycles. The van der Waals surface area contributed by atoms with E-state index in [9.17, 15) is 5.11 Å². The normalized spacial score (nSPS) is 17.7. The molecule has 0 spiro atoms. The van der Waals surface area contributed by atoms with Crippen molar-refractivity contribution in [2.24, 2.45) is 11.8 Å². The van der Waals surface area contributed by atoms with Crippen LogP contribution in [0.1, 0.15) is 46.1 Å². The molecule has 1 aromatic rings. The van der Waals surface area contributed by atoms with E-state index in [0.29, 0.717) is 12.5 Å². The molecule has 4 atom stereocenters. The number of aliphatic hydroxyl groups is 1. The van der Waals surface area contributed by atoms with E-state index >= 15 is 0 Å². The summed E-state index contributed by atoms with van der Waals surface area (Å²) in [6, 6.07) is 10.2. The van der Waals surface area contributed by atoms with Gasteiger partial charge in [-0.15, -0.1) is 0 Å². The van der Waals surface area contributed by atoms with Gasteiger partial charge in [0.2, 0.25) is 0 Å². The van der Waals surface area contributed by atoms with Gasteiger partial charge < -0.3 is 9.84 Å². The van der Waals surface area contributed by atoms with Crippen molar-refractivity contribution >= 4 is 0 Å². The van der Waals surface area contributed by atoms with Crippen LogP contribution in [-0.4, -0.2) is 17.3 Å². The molecular formula is C17H28O2. The lowest BCUT2D eigenvalue weighted by molar-refractivity contribution is -0.0661. The maximum atomic E-state index is 10.1. The first-order valence-corrected chi connectivity index (χ1v) is 7.43. The van der Waals surface area contributed by atoms with Crippen LogP contribution in [0.25, 0.3) is 0 Å². The van der Waals surface area contributed by atoms with Gasteiger partial charge in [0.25, 0.3) is 0 Å². The third-order valence-electron chi connectivity index (χ3n) is 4.03. The Labute approximate surface area is 117 Å². The lowest BCUT2D eigenvalue weighted by Gasteiger charge is -2.32. The van der Waals surface area contributed by atoms with Gasteiger partial charge in [0, 0.05) is 5.92 Å². The molecular weight excluding hydrogens is 236 g/mol. The van der Waals surface area contributed by atoms with Gasteiger partial charge in [-0.05, 0) is 17.9 Å². The van der Waals surface area contributed by atoms with Crippen molar-refractivity contribution in [1.82, 2.24) is 0 Å².